The van der Waals surface area contributed by atoms with Gasteiger partial charge in [0, 0.05) is 30.8 Å². The topological polar surface area (TPSA) is 81.5 Å². The van der Waals surface area contributed by atoms with E-state index in [1.54, 1.807) is 0 Å². The Kier molecular flexibility index (Phi) is 6.97. The first-order valence-corrected chi connectivity index (χ1v) is 6.74. The van der Waals surface area contributed by atoms with Gasteiger partial charge in [0.1, 0.15) is 5.56 Å². The molecule has 0 radical (unpaired) electrons. The van der Waals surface area contributed by atoms with Crippen molar-refractivity contribution in [3.8, 4) is 0 Å². The molecule has 0 saturated heterocycles. The maximum atomic E-state index is 11.9. The van der Waals surface area contributed by atoms with Crippen molar-refractivity contribution in [3.63, 3.8) is 0 Å². The lowest BCUT2D eigenvalue weighted by molar-refractivity contribution is -0.385. The molecule has 1 aromatic carbocycles. The van der Waals surface area contributed by atoms with Crippen molar-refractivity contribution in [2.45, 2.75) is 19.8 Å². The van der Waals surface area contributed by atoms with E-state index in [-0.39, 0.29) is 16.3 Å². The Labute approximate surface area is 122 Å². The zero-order valence-electron chi connectivity index (χ0n) is 11.2. The Morgan fingerprint density at radius 1 is 1.45 bits per heavy atom. The van der Waals surface area contributed by atoms with Gasteiger partial charge in [0.05, 0.1) is 4.92 Å². The van der Waals surface area contributed by atoms with E-state index in [2.05, 4.69) is 5.32 Å². The predicted octanol–water partition coefficient (Wildman–Crippen LogP) is 2.79. The number of nitro benzene ring substituents is 1. The maximum Gasteiger partial charge on any atom is 0.282 e. The minimum Gasteiger partial charge on any atom is -0.381 e. The van der Waals surface area contributed by atoms with Gasteiger partial charge >= 0.3 is 0 Å². The average molecular weight is 301 g/mol. The van der Waals surface area contributed by atoms with Crippen molar-refractivity contribution in [2.24, 2.45) is 0 Å². The van der Waals surface area contributed by atoms with E-state index in [9.17, 15) is 14.9 Å². The molecule has 1 rings (SSSR count). The molecule has 0 spiro atoms. The summed E-state index contributed by atoms with van der Waals surface area (Å²) in [5.41, 5.74) is -0.286. The molecule has 0 aliphatic heterocycles. The predicted molar refractivity (Wildman–Crippen MR) is 76.2 cm³/mol. The van der Waals surface area contributed by atoms with Crippen LogP contribution >= 0.6 is 11.6 Å². The molecule has 0 aromatic heterocycles. The van der Waals surface area contributed by atoms with E-state index < -0.39 is 10.8 Å². The van der Waals surface area contributed by atoms with Crippen LogP contribution < -0.4 is 5.32 Å². The first-order chi connectivity index (χ1) is 9.56. The second-order valence-corrected chi connectivity index (χ2v) is 4.58. The summed E-state index contributed by atoms with van der Waals surface area (Å²) in [6.07, 6.45) is 1.60. The number of halogens is 1. The van der Waals surface area contributed by atoms with E-state index in [1.165, 1.54) is 18.2 Å². The number of rotatable bonds is 8. The minimum atomic E-state index is -0.602. The summed E-state index contributed by atoms with van der Waals surface area (Å²) < 4.78 is 5.27. The lowest BCUT2D eigenvalue weighted by Crippen LogP contribution is -2.26. The van der Waals surface area contributed by atoms with Gasteiger partial charge in [-0.25, -0.2) is 0 Å². The second kappa shape index (κ2) is 8.50. The fourth-order valence-corrected chi connectivity index (χ4v) is 1.74. The van der Waals surface area contributed by atoms with Gasteiger partial charge in [-0.15, -0.1) is 0 Å². The Hall–Kier alpha value is -1.66. The number of hydrogen-bond donors (Lipinski definition) is 1. The molecule has 0 saturated carbocycles. The first kappa shape index (κ1) is 16.4. The van der Waals surface area contributed by atoms with Gasteiger partial charge in [0.25, 0.3) is 11.6 Å². The molecule has 0 aliphatic rings. The van der Waals surface area contributed by atoms with Crippen LogP contribution in [-0.2, 0) is 4.74 Å². The zero-order valence-corrected chi connectivity index (χ0v) is 12.0. The third-order valence-corrected chi connectivity index (χ3v) is 2.73. The molecule has 20 heavy (non-hydrogen) atoms. The van der Waals surface area contributed by atoms with Crippen LogP contribution in [0.2, 0.25) is 5.02 Å². The lowest BCUT2D eigenvalue weighted by Gasteiger charge is -2.06. The molecule has 6 nitrogen and oxygen atoms in total. The highest BCUT2D eigenvalue weighted by molar-refractivity contribution is 6.31. The monoisotopic (exact) mass is 300 g/mol. The Morgan fingerprint density at radius 3 is 2.85 bits per heavy atom. The molecule has 1 aromatic rings. The average Bonchev–Trinajstić information content (AvgIpc) is 2.42. The Balaban J connectivity index is 2.54. The number of carbonyl (C=O) groups excluding carboxylic acids is 1. The van der Waals surface area contributed by atoms with Crippen LogP contribution in [0.25, 0.3) is 0 Å². The summed E-state index contributed by atoms with van der Waals surface area (Å²) in [6, 6.07) is 3.90. The highest BCUT2D eigenvalue weighted by atomic mass is 35.5. The molecule has 0 fully saturated rings. The molecule has 0 bridgehead atoms. The molecule has 0 atom stereocenters. The zero-order chi connectivity index (χ0) is 15.0. The van der Waals surface area contributed by atoms with E-state index in [0.29, 0.717) is 26.2 Å². The summed E-state index contributed by atoms with van der Waals surface area (Å²) in [5.74, 6) is -0.505. The number of hydrogen-bond acceptors (Lipinski definition) is 4. The number of nitro groups is 1. The van der Waals surface area contributed by atoms with E-state index in [1.807, 2.05) is 6.92 Å². The van der Waals surface area contributed by atoms with Crippen LogP contribution in [0.15, 0.2) is 18.2 Å². The van der Waals surface area contributed by atoms with Crippen LogP contribution in [0.4, 0.5) is 5.69 Å². The van der Waals surface area contributed by atoms with Crippen molar-refractivity contribution >= 4 is 23.2 Å². The normalized spacial score (nSPS) is 10.3. The highest BCUT2D eigenvalue weighted by Crippen LogP contribution is 2.22. The molecule has 1 amide bonds. The molecule has 0 unspecified atom stereocenters. The number of carbonyl (C=O) groups is 1. The standard InChI is InChI=1S/C13H17ClN2O4/c1-2-7-20-8-3-6-15-13(17)11-9-10(14)4-5-12(11)16(18)19/h4-5,9H,2-3,6-8H2,1H3,(H,15,17). The van der Waals surface area contributed by atoms with Crippen molar-refractivity contribution in [1.82, 2.24) is 5.32 Å². The summed E-state index contributed by atoms with van der Waals surface area (Å²) in [5, 5.41) is 13.7. The van der Waals surface area contributed by atoms with Crippen molar-refractivity contribution in [2.75, 3.05) is 19.8 Å². The number of nitrogens with zero attached hydrogens (tertiary/aromatic N) is 1. The van der Waals surface area contributed by atoms with Gasteiger partial charge < -0.3 is 10.1 Å². The van der Waals surface area contributed by atoms with Gasteiger partial charge in [-0.2, -0.15) is 0 Å². The van der Waals surface area contributed by atoms with Gasteiger partial charge in [-0.05, 0) is 25.0 Å². The number of amides is 1. The fraction of sp³-hybridized carbons (Fsp3) is 0.462. The quantitative estimate of drug-likeness (QED) is 0.455. The fourth-order valence-electron chi connectivity index (χ4n) is 1.57. The van der Waals surface area contributed by atoms with Gasteiger partial charge in [0.2, 0.25) is 0 Å². The van der Waals surface area contributed by atoms with E-state index >= 15 is 0 Å². The Bertz CT molecular complexity index is 479. The van der Waals surface area contributed by atoms with Gasteiger partial charge in [-0.3, -0.25) is 14.9 Å². The summed E-state index contributed by atoms with van der Waals surface area (Å²) in [4.78, 5) is 22.1. The summed E-state index contributed by atoms with van der Waals surface area (Å²) in [7, 11) is 0. The van der Waals surface area contributed by atoms with Crippen LogP contribution in [0.5, 0.6) is 0 Å². The third kappa shape index (κ3) is 5.14. The SMILES string of the molecule is CCCOCCCNC(=O)c1cc(Cl)ccc1[N+](=O)[O-]. The molecule has 0 aliphatic carbocycles. The number of benzene rings is 1. The number of nitrogens with one attached hydrogen (secondary N) is 1. The molecule has 1 N–H and O–H groups in total. The third-order valence-electron chi connectivity index (χ3n) is 2.50. The van der Waals surface area contributed by atoms with Crippen molar-refractivity contribution < 1.29 is 14.5 Å². The van der Waals surface area contributed by atoms with Crippen molar-refractivity contribution in [1.29, 1.82) is 0 Å². The van der Waals surface area contributed by atoms with Crippen LogP contribution in [-0.4, -0.2) is 30.6 Å². The summed E-state index contributed by atoms with van der Waals surface area (Å²) >= 11 is 5.76. The van der Waals surface area contributed by atoms with Crippen molar-refractivity contribution in [3.05, 3.63) is 38.9 Å². The van der Waals surface area contributed by atoms with Crippen LogP contribution in [0, 0.1) is 10.1 Å². The molecule has 7 heteroatoms. The van der Waals surface area contributed by atoms with E-state index in [4.69, 9.17) is 16.3 Å². The molecule has 0 heterocycles. The minimum absolute atomic E-state index is 0.0306. The molecular weight excluding hydrogens is 284 g/mol. The molecular formula is C13H17ClN2O4. The highest BCUT2D eigenvalue weighted by Gasteiger charge is 2.19. The first-order valence-electron chi connectivity index (χ1n) is 6.36. The lowest BCUT2D eigenvalue weighted by atomic mass is 10.1. The number of ether oxygens (including phenoxy) is 1. The maximum absolute atomic E-state index is 11.9. The van der Waals surface area contributed by atoms with Gasteiger partial charge in [0.15, 0.2) is 0 Å². The van der Waals surface area contributed by atoms with Gasteiger partial charge in [-0.1, -0.05) is 18.5 Å². The summed E-state index contributed by atoms with van der Waals surface area (Å²) in [6.45, 7) is 3.64. The second-order valence-electron chi connectivity index (χ2n) is 4.14. The smallest absolute Gasteiger partial charge is 0.282 e. The van der Waals surface area contributed by atoms with Crippen LogP contribution in [0.3, 0.4) is 0 Å². The van der Waals surface area contributed by atoms with E-state index in [0.717, 1.165) is 6.42 Å². The Morgan fingerprint density at radius 2 is 2.20 bits per heavy atom. The molecule has 110 valence electrons. The van der Waals surface area contributed by atoms with Crippen LogP contribution in [0.1, 0.15) is 30.1 Å². The largest absolute Gasteiger partial charge is 0.381 e.